The molecule has 3 aromatic rings. The number of hydrogen-bond acceptors (Lipinski definition) is 5. The molecule has 2 aromatic heterocycles. The molecule has 0 fully saturated rings. The largest absolute Gasteiger partial charge is 0.477 e. The maximum Gasteiger partial charge on any atom is 0.261 e. The molecule has 2 heterocycles. The van der Waals surface area contributed by atoms with E-state index < -0.39 is 0 Å². The minimum absolute atomic E-state index is 0.608. The highest BCUT2D eigenvalue weighted by atomic mass is 32.2. The van der Waals surface area contributed by atoms with Crippen LogP contribution in [0.25, 0.3) is 11.1 Å². The summed E-state index contributed by atoms with van der Waals surface area (Å²) >= 11 is 1.46. The molecular weight excluding hydrogens is 308 g/mol. The Morgan fingerprint density at radius 3 is 2.78 bits per heavy atom. The summed E-state index contributed by atoms with van der Waals surface area (Å²) in [6.07, 6.45) is 2.11. The number of hydrogen-bond donors (Lipinski definition) is 0. The van der Waals surface area contributed by atoms with Gasteiger partial charge in [0.1, 0.15) is 5.52 Å². The quantitative estimate of drug-likeness (QED) is 0.584. The van der Waals surface area contributed by atoms with Crippen molar-refractivity contribution in [1.29, 1.82) is 0 Å². The van der Waals surface area contributed by atoms with Crippen LogP contribution in [-0.4, -0.2) is 16.6 Å². The Balaban J connectivity index is 1.89. The van der Waals surface area contributed by atoms with Gasteiger partial charge >= 0.3 is 0 Å². The van der Waals surface area contributed by atoms with Gasteiger partial charge in [-0.25, -0.2) is 9.97 Å². The molecule has 0 unspecified atom stereocenters. The molecule has 5 heteroatoms. The monoisotopic (exact) mass is 328 g/mol. The summed E-state index contributed by atoms with van der Waals surface area (Å²) in [4.78, 5) is 10.0. The molecule has 0 saturated heterocycles. The van der Waals surface area contributed by atoms with E-state index in [1.165, 1.54) is 11.8 Å². The van der Waals surface area contributed by atoms with Crippen molar-refractivity contribution in [3.8, 4) is 5.88 Å². The van der Waals surface area contributed by atoms with Gasteiger partial charge in [0, 0.05) is 5.69 Å². The second-order valence-electron chi connectivity index (χ2n) is 5.45. The first-order valence-corrected chi connectivity index (χ1v) is 8.63. The van der Waals surface area contributed by atoms with E-state index in [9.17, 15) is 0 Å². The number of pyridine rings is 1. The van der Waals surface area contributed by atoms with Crippen molar-refractivity contribution in [2.45, 2.75) is 43.7 Å². The summed E-state index contributed by atoms with van der Waals surface area (Å²) in [6.45, 7) is 6.86. The zero-order valence-corrected chi connectivity index (χ0v) is 14.4. The molecule has 0 aliphatic heterocycles. The maximum atomic E-state index is 5.86. The van der Waals surface area contributed by atoms with Crippen LogP contribution in [0.2, 0.25) is 0 Å². The molecule has 23 heavy (non-hydrogen) atoms. The number of benzene rings is 1. The molecule has 3 rings (SSSR count). The van der Waals surface area contributed by atoms with Gasteiger partial charge in [-0.2, -0.15) is 0 Å². The van der Waals surface area contributed by atoms with Gasteiger partial charge in [0.15, 0.2) is 5.58 Å². The molecule has 1 aromatic carbocycles. The van der Waals surface area contributed by atoms with Crippen molar-refractivity contribution < 1.29 is 9.15 Å². The highest BCUT2D eigenvalue weighted by Gasteiger charge is 2.14. The Hall–Kier alpha value is -2.01. The number of oxazole rings is 1. The average molecular weight is 328 g/mol. The smallest absolute Gasteiger partial charge is 0.261 e. The Morgan fingerprint density at radius 2 is 2.00 bits per heavy atom. The summed E-state index contributed by atoms with van der Waals surface area (Å²) in [7, 11) is 0. The van der Waals surface area contributed by atoms with E-state index in [1.54, 1.807) is 0 Å². The van der Waals surface area contributed by atoms with Gasteiger partial charge in [-0.3, -0.25) is 0 Å². The predicted molar refractivity (Wildman–Crippen MR) is 92.2 cm³/mol. The van der Waals surface area contributed by atoms with Crippen LogP contribution < -0.4 is 4.74 Å². The highest BCUT2D eigenvalue weighted by molar-refractivity contribution is 7.99. The fourth-order valence-corrected chi connectivity index (χ4v) is 3.03. The lowest BCUT2D eigenvalue weighted by atomic mass is 10.2. The Morgan fingerprint density at radius 1 is 1.17 bits per heavy atom. The zero-order valence-electron chi connectivity index (χ0n) is 13.6. The van der Waals surface area contributed by atoms with Gasteiger partial charge in [-0.05, 0) is 55.8 Å². The lowest BCUT2D eigenvalue weighted by Gasteiger charge is -2.11. The minimum atomic E-state index is 0.608. The number of nitrogens with zero attached hydrogens (tertiary/aromatic N) is 2. The Kier molecular flexibility index (Phi) is 4.86. The van der Waals surface area contributed by atoms with Crippen molar-refractivity contribution in [2.24, 2.45) is 0 Å². The fraction of sp³-hybridized carbons (Fsp3) is 0.333. The molecule has 0 N–H and O–H groups in total. The molecule has 0 radical (unpaired) electrons. The van der Waals surface area contributed by atoms with Crippen molar-refractivity contribution in [1.82, 2.24) is 9.97 Å². The van der Waals surface area contributed by atoms with E-state index in [4.69, 9.17) is 9.15 Å². The molecule has 0 saturated carbocycles. The maximum absolute atomic E-state index is 5.86. The van der Waals surface area contributed by atoms with Crippen LogP contribution in [0, 0.1) is 13.8 Å². The van der Waals surface area contributed by atoms with Crippen molar-refractivity contribution in [3.63, 3.8) is 0 Å². The molecule has 4 nitrogen and oxygen atoms in total. The van der Waals surface area contributed by atoms with Gasteiger partial charge in [-0.1, -0.05) is 25.5 Å². The number of aromatic nitrogens is 2. The van der Waals surface area contributed by atoms with Crippen LogP contribution in [0.5, 0.6) is 5.88 Å². The van der Waals surface area contributed by atoms with Crippen molar-refractivity contribution >= 4 is 22.9 Å². The normalized spacial score (nSPS) is 11.1. The SMILES string of the molecule is CCCCOc1nc(C)c(C)cc1Sc1nc2ccccc2o1. The van der Waals surface area contributed by atoms with E-state index in [1.807, 2.05) is 38.1 Å². The summed E-state index contributed by atoms with van der Waals surface area (Å²) in [6, 6.07) is 9.85. The minimum Gasteiger partial charge on any atom is -0.477 e. The Bertz CT molecular complexity index is 781. The van der Waals surface area contributed by atoms with Gasteiger partial charge in [0.25, 0.3) is 5.22 Å². The number of para-hydroxylation sites is 2. The van der Waals surface area contributed by atoms with Crippen molar-refractivity contribution in [2.75, 3.05) is 6.61 Å². The second-order valence-corrected chi connectivity index (χ2v) is 6.44. The van der Waals surface area contributed by atoms with Crippen LogP contribution in [0.4, 0.5) is 0 Å². The standard InChI is InChI=1S/C18H20N2O2S/c1-4-5-10-21-17-16(11-12(2)13(3)19-17)23-18-20-14-8-6-7-9-15(14)22-18/h6-9,11H,4-5,10H2,1-3H3. The molecule has 0 aliphatic rings. The van der Waals surface area contributed by atoms with E-state index in [-0.39, 0.29) is 0 Å². The lowest BCUT2D eigenvalue weighted by molar-refractivity contribution is 0.289. The summed E-state index contributed by atoms with van der Waals surface area (Å²) in [5, 5.41) is 0.608. The fourth-order valence-electron chi connectivity index (χ4n) is 2.14. The third-order valence-corrected chi connectivity index (χ3v) is 4.47. The lowest BCUT2D eigenvalue weighted by Crippen LogP contribution is -2.02. The molecule has 0 aliphatic carbocycles. The number of fused-ring (bicyclic) bond motifs is 1. The highest BCUT2D eigenvalue weighted by Crippen LogP contribution is 2.36. The first-order chi connectivity index (χ1) is 11.2. The molecule has 0 bridgehead atoms. The van der Waals surface area contributed by atoms with Gasteiger partial charge in [0.05, 0.1) is 11.5 Å². The zero-order chi connectivity index (χ0) is 16.2. The van der Waals surface area contributed by atoms with Crippen LogP contribution in [0.1, 0.15) is 31.0 Å². The molecule has 0 amide bonds. The van der Waals surface area contributed by atoms with Crippen LogP contribution in [-0.2, 0) is 0 Å². The van der Waals surface area contributed by atoms with E-state index >= 15 is 0 Å². The van der Waals surface area contributed by atoms with E-state index in [0.717, 1.165) is 40.1 Å². The van der Waals surface area contributed by atoms with Crippen LogP contribution in [0.3, 0.4) is 0 Å². The topological polar surface area (TPSA) is 48.2 Å². The first kappa shape index (κ1) is 15.9. The van der Waals surface area contributed by atoms with Crippen molar-refractivity contribution in [3.05, 3.63) is 41.6 Å². The molecule has 0 atom stereocenters. The molecule has 0 spiro atoms. The third kappa shape index (κ3) is 3.67. The second kappa shape index (κ2) is 7.04. The first-order valence-electron chi connectivity index (χ1n) is 7.82. The van der Waals surface area contributed by atoms with Crippen LogP contribution >= 0.6 is 11.8 Å². The average Bonchev–Trinajstić information content (AvgIpc) is 2.94. The summed E-state index contributed by atoms with van der Waals surface area (Å²) in [5.74, 6) is 0.661. The molecular formula is C18H20N2O2S. The molecule has 120 valence electrons. The Labute approximate surface area is 140 Å². The summed E-state index contributed by atoms with van der Waals surface area (Å²) < 4.78 is 11.6. The third-order valence-electron chi connectivity index (χ3n) is 3.61. The number of ether oxygens (including phenoxy) is 1. The van der Waals surface area contributed by atoms with Crippen LogP contribution in [0.15, 0.2) is 44.9 Å². The number of rotatable bonds is 6. The van der Waals surface area contributed by atoms with Gasteiger partial charge in [0.2, 0.25) is 5.88 Å². The summed E-state index contributed by atoms with van der Waals surface area (Å²) in [5.41, 5.74) is 3.77. The van der Waals surface area contributed by atoms with E-state index in [0.29, 0.717) is 17.7 Å². The number of unbranched alkanes of at least 4 members (excludes halogenated alkanes) is 1. The number of aryl methyl sites for hydroxylation is 2. The van der Waals surface area contributed by atoms with Gasteiger partial charge < -0.3 is 9.15 Å². The van der Waals surface area contributed by atoms with Gasteiger partial charge in [-0.15, -0.1) is 0 Å². The predicted octanol–water partition coefficient (Wildman–Crippen LogP) is 5.17. The van der Waals surface area contributed by atoms with E-state index in [2.05, 4.69) is 23.0 Å².